The first-order valence-corrected chi connectivity index (χ1v) is 7.13. The Bertz CT molecular complexity index is 327. The van der Waals surface area contributed by atoms with Gasteiger partial charge in [0, 0.05) is 11.0 Å². The Hall–Kier alpha value is -0.340. The molecule has 0 bridgehead atoms. The van der Waals surface area contributed by atoms with Gasteiger partial charge in [0.25, 0.3) is 0 Å². The van der Waals surface area contributed by atoms with Gasteiger partial charge in [0.15, 0.2) is 0 Å². The average Bonchev–Trinajstić information content (AvgIpc) is 2.20. The molecule has 1 rings (SSSR count). The molecule has 1 aromatic carbocycles. The lowest BCUT2D eigenvalue weighted by atomic mass is 9.85. The zero-order chi connectivity index (χ0) is 12.9. The third kappa shape index (κ3) is 6.23. The van der Waals surface area contributed by atoms with Gasteiger partial charge in [-0.25, -0.2) is 0 Å². The molecule has 0 aromatic heterocycles. The van der Waals surface area contributed by atoms with E-state index in [4.69, 9.17) is 0 Å². The molecule has 0 atom stereocenters. The summed E-state index contributed by atoms with van der Waals surface area (Å²) in [5.41, 5.74) is 1.72. The molecule has 0 spiro atoms. The highest BCUT2D eigenvalue weighted by atomic mass is 79.9. The molecule has 0 heterocycles. The van der Waals surface area contributed by atoms with Crippen molar-refractivity contribution < 1.29 is 0 Å². The minimum atomic E-state index is 0.308. The SMILES string of the molecule is CC(C)CNCC(C)(C)Cc1ccc(Br)cc1. The summed E-state index contributed by atoms with van der Waals surface area (Å²) in [4.78, 5) is 0. The molecule has 0 radical (unpaired) electrons. The molecule has 2 heteroatoms. The lowest BCUT2D eigenvalue weighted by Crippen LogP contribution is -2.33. The molecule has 17 heavy (non-hydrogen) atoms. The van der Waals surface area contributed by atoms with Gasteiger partial charge in [-0.1, -0.05) is 55.8 Å². The van der Waals surface area contributed by atoms with Gasteiger partial charge in [-0.05, 0) is 42.0 Å². The topological polar surface area (TPSA) is 12.0 Å². The Morgan fingerprint density at radius 3 is 2.29 bits per heavy atom. The molecule has 0 aliphatic carbocycles. The van der Waals surface area contributed by atoms with Crippen LogP contribution in [0.1, 0.15) is 33.3 Å². The molecule has 0 aliphatic rings. The third-order valence-electron chi connectivity index (χ3n) is 2.75. The largest absolute Gasteiger partial charge is 0.316 e. The lowest BCUT2D eigenvalue weighted by molar-refractivity contribution is 0.330. The standard InChI is InChI=1S/C15H24BrN/c1-12(2)10-17-11-15(3,4)9-13-5-7-14(16)8-6-13/h5-8,12,17H,9-11H2,1-4H3. The third-order valence-corrected chi connectivity index (χ3v) is 3.28. The van der Waals surface area contributed by atoms with E-state index in [-0.39, 0.29) is 0 Å². The fraction of sp³-hybridized carbons (Fsp3) is 0.600. The number of halogens is 1. The average molecular weight is 298 g/mol. The number of hydrogen-bond acceptors (Lipinski definition) is 1. The summed E-state index contributed by atoms with van der Waals surface area (Å²) in [6, 6.07) is 8.64. The summed E-state index contributed by atoms with van der Waals surface area (Å²) >= 11 is 3.47. The highest BCUT2D eigenvalue weighted by Gasteiger charge is 2.18. The molecule has 0 amide bonds. The van der Waals surface area contributed by atoms with Gasteiger partial charge in [0.05, 0.1) is 0 Å². The molecule has 0 saturated carbocycles. The summed E-state index contributed by atoms with van der Waals surface area (Å²) in [7, 11) is 0. The molecule has 0 unspecified atom stereocenters. The van der Waals surface area contributed by atoms with Crippen molar-refractivity contribution in [3.8, 4) is 0 Å². The van der Waals surface area contributed by atoms with Crippen LogP contribution in [0, 0.1) is 11.3 Å². The van der Waals surface area contributed by atoms with Crippen molar-refractivity contribution in [2.75, 3.05) is 13.1 Å². The number of nitrogens with one attached hydrogen (secondary N) is 1. The first-order chi connectivity index (χ1) is 7.89. The fourth-order valence-electron chi connectivity index (χ4n) is 1.92. The van der Waals surface area contributed by atoms with E-state index in [0.29, 0.717) is 5.41 Å². The van der Waals surface area contributed by atoms with E-state index >= 15 is 0 Å². The Morgan fingerprint density at radius 1 is 1.18 bits per heavy atom. The maximum atomic E-state index is 3.55. The summed E-state index contributed by atoms with van der Waals surface area (Å²) in [6.07, 6.45) is 1.12. The van der Waals surface area contributed by atoms with Crippen LogP contribution in [0.4, 0.5) is 0 Å². The van der Waals surface area contributed by atoms with Gasteiger partial charge in [-0.15, -0.1) is 0 Å². The maximum absolute atomic E-state index is 3.55. The fourth-order valence-corrected chi connectivity index (χ4v) is 2.18. The molecular formula is C15H24BrN. The summed E-state index contributed by atoms with van der Waals surface area (Å²) in [6.45, 7) is 11.3. The van der Waals surface area contributed by atoms with Gasteiger partial charge in [0.2, 0.25) is 0 Å². The van der Waals surface area contributed by atoms with Crippen molar-refractivity contribution in [2.24, 2.45) is 11.3 Å². The van der Waals surface area contributed by atoms with Crippen LogP contribution in [0.3, 0.4) is 0 Å². The molecule has 1 N–H and O–H groups in total. The molecule has 1 aromatic rings. The zero-order valence-corrected chi connectivity index (χ0v) is 13.0. The highest BCUT2D eigenvalue weighted by molar-refractivity contribution is 9.10. The summed E-state index contributed by atoms with van der Waals surface area (Å²) in [5.74, 6) is 0.721. The van der Waals surface area contributed by atoms with Crippen LogP contribution >= 0.6 is 15.9 Å². The minimum absolute atomic E-state index is 0.308. The van der Waals surface area contributed by atoms with Crippen LogP contribution < -0.4 is 5.32 Å². The number of benzene rings is 1. The molecular weight excluding hydrogens is 274 g/mol. The molecule has 96 valence electrons. The van der Waals surface area contributed by atoms with Crippen LogP contribution in [0.2, 0.25) is 0 Å². The van der Waals surface area contributed by atoms with Crippen molar-refractivity contribution in [2.45, 2.75) is 34.1 Å². The van der Waals surface area contributed by atoms with Crippen molar-refractivity contribution in [3.63, 3.8) is 0 Å². The van der Waals surface area contributed by atoms with Crippen LogP contribution in [-0.2, 0) is 6.42 Å². The summed E-state index contributed by atoms with van der Waals surface area (Å²) in [5, 5.41) is 3.55. The van der Waals surface area contributed by atoms with Crippen molar-refractivity contribution >= 4 is 15.9 Å². The monoisotopic (exact) mass is 297 g/mol. The van der Waals surface area contributed by atoms with E-state index in [1.807, 2.05) is 0 Å². The number of hydrogen-bond donors (Lipinski definition) is 1. The van der Waals surface area contributed by atoms with E-state index in [1.54, 1.807) is 0 Å². The Kier molecular flexibility index (Phi) is 5.68. The van der Waals surface area contributed by atoms with Crippen molar-refractivity contribution in [3.05, 3.63) is 34.3 Å². The first kappa shape index (κ1) is 14.7. The molecule has 0 fully saturated rings. The van der Waals surface area contributed by atoms with Crippen LogP contribution in [0.5, 0.6) is 0 Å². The molecule has 1 nitrogen and oxygen atoms in total. The Morgan fingerprint density at radius 2 is 1.76 bits per heavy atom. The lowest BCUT2D eigenvalue weighted by Gasteiger charge is -2.26. The van der Waals surface area contributed by atoms with Crippen LogP contribution in [0.15, 0.2) is 28.7 Å². The zero-order valence-electron chi connectivity index (χ0n) is 11.4. The summed E-state index contributed by atoms with van der Waals surface area (Å²) < 4.78 is 1.15. The quantitative estimate of drug-likeness (QED) is 0.827. The predicted octanol–water partition coefficient (Wildman–Crippen LogP) is 4.26. The van der Waals surface area contributed by atoms with Crippen LogP contribution in [-0.4, -0.2) is 13.1 Å². The van der Waals surface area contributed by atoms with E-state index in [2.05, 4.69) is 73.2 Å². The van der Waals surface area contributed by atoms with E-state index in [1.165, 1.54) is 5.56 Å². The Labute approximate surface area is 114 Å². The van der Waals surface area contributed by atoms with Gasteiger partial charge >= 0.3 is 0 Å². The molecule has 0 saturated heterocycles. The first-order valence-electron chi connectivity index (χ1n) is 6.34. The highest BCUT2D eigenvalue weighted by Crippen LogP contribution is 2.22. The normalized spacial score (nSPS) is 12.1. The second kappa shape index (κ2) is 6.55. The van der Waals surface area contributed by atoms with Crippen molar-refractivity contribution in [1.82, 2.24) is 5.32 Å². The maximum Gasteiger partial charge on any atom is 0.0175 e. The van der Waals surface area contributed by atoms with E-state index in [0.717, 1.165) is 29.9 Å². The predicted molar refractivity (Wildman–Crippen MR) is 79.3 cm³/mol. The smallest absolute Gasteiger partial charge is 0.0175 e. The van der Waals surface area contributed by atoms with Gasteiger partial charge in [0.1, 0.15) is 0 Å². The van der Waals surface area contributed by atoms with Gasteiger partial charge < -0.3 is 5.32 Å². The number of rotatable bonds is 6. The Balaban J connectivity index is 2.45. The second-order valence-corrected chi connectivity index (χ2v) is 6.91. The second-order valence-electron chi connectivity index (χ2n) is 5.99. The van der Waals surface area contributed by atoms with E-state index in [9.17, 15) is 0 Å². The van der Waals surface area contributed by atoms with Crippen molar-refractivity contribution in [1.29, 1.82) is 0 Å². The molecule has 0 aliphatic heterocycles. The van der Waals surface area contributed by atoms with Gasteiger partial charge in [-0.2, -0.15) is 0 Å². The van der Waals surface area contributed by atoms with Gasteiger partial charge in [-0.3, -0.25) is 0 Å². The van der Waals surface area contributed by atoms with Crippen LogP contribution in [0.25, 0.3) is 0 Å². The van der Waals surface area contributed by atoms with E-state index < -0.39 is 0 Å². The minimum Gasteiger partial charge on any atom is -0.316 e.